The van der Waals surface area contributed by atoms with E-state index >= 15 is 0 Å². The number of hydrogen-bond acceptors (Lipinski definition) is 1. The van der Waals surface area contributed by atoms with Crippen molar-refractivity contribution in [3.63, 3.8) is 0 Å². The number of aliphatic hydroxyl groups is 1. The van der Waals surface area contributed by atoms with Crippen molar-refractivity contribution in [1.82, 2.24) is 0 Å². The van der Waals surface area contributed by atoms with Crippen molar-refractivity contribution in [2.24, 2.45) is 17.8 Å². The highest BCUT2D eigenvalue weighted by Crippen LogP contribution is 2.58. The van der Waals surface area contributed by atoms with Crippen LogP contribution in [0.25, 0.3) is 0 Å². The molecule has 2 aliphatic rings. The molecule has 0 heterocycles. The first kappa shape index (κ1) is 12.2. The molecule has 2 fully saturated rings. The average Bonchev–Trinajstić information content (AvgIpc) is 3.08. The normalized spacial score (nSPS) is 43.7. The molecule has 0 spiro atoms. The van der Waals surface area contributed by atoms with Gasteiger partial charge in [-0.25, -0.2) is 0 Å². The van der Waals surface area contributed by atoms with Gasteiger partial charge in [0.2, 0.25) is 0 Å². The topological polar surface area (TPSA) is 20.2 Å². The summed E-state index contributed by atoms with van der Waals surface area (Å²) in [4.78, 5) is 0. The van der Waals surface area contributed by atoms with E-state index in [4.69, 9.17) is 0 Å². The Morgan fingerprint density at radius 2 is 1.61 bits per heavy atom. The first-order valence-electron chi connectivity index (χ1n) is 7.36. The minimum atomic E-state index is -0.391. The van der Waals surface area contributed by atoms with Crippen molar-refractivity contribution < 1.29 is 5.11 Å². The van der Waals surface area contributed by atoms with Crippen LogP contribution in [0.2, 0.25) is 0 Å². The van der Waals surface area contributed by atoms with E-state index in [0.29, 0.717) is 23.7 Å². The Bertz CT molecular complexity index is 401. The van der Waals surface area contributed by atoms with Crippen LogP contribution in [0.3, 0.4) is 0 Å². The van der Waals surface area contributed by atoms with Gasteiger partial charge in [0, 0.05) is 0 Å². The highest BCUT2D eigenvalue weighted by Gasteiger charge is 2.54. The lowest BCUT2D eigenvalue weighted by Crippen LogP contribution is -2.40. The summed E-state index contributed by atoms with van der Waals surface area (Å²) in [7, 11) is 0. The number of hydrogen-bond donors (Lipinski definition) is 1. The van der Waals surface area contributed by atoms with E-state index in [1.807, 2.05) is 0 Å². The smallest absolute Gasteiger partial charge is 0.0687 e. The lowest BCUT2D eigenvalue weighted by Gasteiger charge is -2.39. The quantitative estimate of drug-likeness (QED) is 0.834. The van der Waals surface area contributed by atoms with E-state index < -0.39 is 5.60 Å². The molecular weight excluding hydrogens is 220 g/mol. The fraction of sp³-hybridized carbons (Fsp3) is 0.647. The molecule has 0 bridgehead atoms. The molecule has 98 valence electrons. The van der Waals surface area contributed by atoms with Crippen molar-refractivity contribution in [1.29, 1.82) is 0 Å². The third kappa shape index (κ3) is 2.21. The largest absolute Gasteiger partial charge is 0.390 e. The zero-order valence-electron chi connectivity index (χ0n) is 11.5. The van der Waals surface area contributed by atoms with E-state index in [0.717, 1.165) is 12.8 Å². The molecule has 0 amide bonds. The molecule has 0 aliphatic heterocycles. The van der Waals surface area contributed by atoms with E-state index in [2.05, 4.69) is 44.2 Å². The highest BCUT2D eigenvalue weighted by atomic mass is 16.3. The van der Waals surface area contributed by atoms with Crippen molar-refractivity contribution in [2.75, 3.05) is 0 Å². The summed E-state index contributed by atoms with van der Waals surface area (Å²) in [5, 5.41) is 11.0. The van der Waals surface area contributed by atoms with Gasteiger partial charge in [-0.05, 0) is 54.9 Å². The van der Waals surface area contributed by atoms with Gasteiger partial charge >= 0.3 is 0 Å². The van der Waals surface area contributed by atoms with Crippen LogP contribution >= 0.6 is 0 Å². The molecule has 0 aromatic heterocycles. The third-order valence-corrected chi connectivity index (χ3v) is 4.92. The second kappa shape index (κ2) is 4.38. The second-order valence-electron chi connectivity index (χ2n) is 6.82. The number of rotatable bonds is 2. The van der Waals surface area contributed by atoms with Crippen LogP contribution in [-0.4, -0.2) is 10.7 Å². The highest BCUT2D eigenvalue weighted by molar-refractivity contribution is 5.28. The maximum Gasteiger partial charge on any atom is 0.0687 e. The Balaban J connectivity index is 1.73. The van der Waals surface area contributed by atoms with Gasteiger partial charge in [0.15, 0.2) is 0 Å². The zero-order chi connectivity index (χ0) is 12.8. The SMILES string of the molecule is CC1CC(C)CC(O)(C2CC2c2ccccc2)C1. The summed E-state index contributed by atoms with van der Waals surface area (Å²) >= 11 is 0. The van der Waals surface area contributed by atoms with Crippen molar-refractivity contribution in [3.05, 3.63) is 35.9 Å². The molecule has 0 saturated heterocycles. The lowest BCUT2D eigenvalue weighted by atomic mass is 9.71. The minimum Gasteiger partial charge on any atom is -0.390 e. The molecule has 1 heteroatoms. The van der Waals surface area contributed by atoms with Crippen LogP contribution in [0, 0.1) is 17.8 Å². The predicted molar refractivity (Wildman–Crippen MR) is 74.4 cm³/mol. The summed E-state index contributed by atoms with van der Waals surface area (Å²) in [5.74, 6) is 2.46. The second-order valence-corrected chi connectivity index (χ2v) is 6.82. The van der Waals surface area contributed by atoms with Crippen molar-refractivity contribution >= 4 is 0 Å². The Morgan fingerprint density at radius 1 is 1.00 bits per heavy atom. The van der Waals surface area contributed by atoms with Crippen LogP contribution in [0.1, 0.15) is 51.0 Å². The number of benzene rings is 1. The summed E-state index contributed by atoms with van der Waals surface area (Å²) < 4.78 is 0. The molecule has 1 aromatic carbocycles. The van der Waals surface area contributed by atoms with Crippen LogP contribution in [-0.2, 0) is 0 Å². The first-order chi connectivity index (χ1) is 8.58. The van der Waals surface area contributed by atoms with Crippen LogP contribution < -0.4 is 0 Å². The molecule has 1 aromatic rings. The first-order valence-corrected chi connectivity index (χ1v) is 7.36. The molecule has 1 nitrogen and oxygen atoms in total. The van der Waals surface area contributed by atoms with E-state index in [1.54, 1.807) is 0 Å². The van der Waals surface area contributed by atoms with Crippen molar-refractivity contribution in [2.45, 2.75) is 51.0 Å². The van der Waals surface area contributed by atoms with Crippen LogP contribution in [0.4, 0.5) is 0 Å². The maximum absolute atomic E-state index is 11.0. The van der Waals surface area contributed by atoms with Gasteiger partial charge < -0.3 is 5.11 Å². The standard InChI is InChI=1S/C17H24O/c1-12-8-13(2)11-17(18,10-12)16-9-15(16)14-6-4-3-5-7-14/h3-7,12-13,15-16,18H,8-11H2,1-2H3. The van der Waals surface area contributed by atoms with Gasteiger partial charge in [-0.3, -0.25) is 0 Å². The Kier molecular flexibility index (Phi) is 2.97. The predicted octanol–water partition coefficient (Wildman–Crippen LogP) is 3.98. The summed E-state index contributed by atoms with van der Waals surface area (Å²) in [6, 6.07) is 10.7. The fourth-order valence-electron chi connectivity index (χ4n) is 4.30. The third-order valence-electron chi connectivity index (χ3n) is 4.92. The molecule has 2 saturated carbocycles. The van der Waals surface area contributed by atoms with Gasteiger partial charge in [-0.2, -0.15) is 0 Å². The zero-order valence-corrected chi connectivity index (χ0v) is 11.5. The van der Waals surface area contributed by atoms with E-state index in [1.165, 1.54) is 18.4 Å². The van der Waals surface area contributed by atoms with Crippen LogP contribution in [0.15, 0.2) is 30.3 Å². The van der Waals surface area contributed by atoms with Gasteiger partial charge in [0.05, 0.1) is 5.60 Å². The lowest BCUT2D eigenvalue weighted by molar-refractivity contribution is -0.0507. The fourth-order valence-corrected chi connectivity index (χ4v) is 4.30. The minimum absolute atomic E-state index is 0.391. The van der Waals surface area contributed by atoms with E-state index in [-0.39, 0.29) is 0 Å². The van der Waals surface area contributed by atoms with Crippen molar-refractivity contribution in [3.8, 4) is 0 Å². The Hall–Kier alpha value is -0.820. The monoisotopic (exact) mass is 244 g/mol. The Morgan fingerprint density at radius 3 is 2.22 bits per heavy atom. The van der Waals surface area contributed by atoms with Gasteiger partial charge in [-0.15, -0.1) is 0 Å². The summed E-state index contributed by atoms with van der Waals surface area (Å²) in [6.07, 6.45) is 4.47. The van der Waals surface area contributed by atoms with Gasteiger partial charge in [-0.1, -0.05) is 44.2 Å². The maximum atomic E-state index is 11.0. The molecule has 4 atom stereocenters. The van der Waals surface area contributed by atoms with Gasteiger partial charge in [0.1, 0.15) is 0 Å². The average molecular weight is 244 g/mol. The molecule has 2 aliphatic carbocycles. The van der Waals surface area contributed by atoms with E-state index in [9.17, 15) is 5.11 Å². The molecule has 1 N–H and O–H groups in total. The molecule has 3 rings (SSSR count). The molecular formula is C17H24O. The summed E-state index contributed by atoms with van der Waals surface area (Å²) in [6.45, 7) is 4.58. The summed E-state index contributed by atoms with van der Waals surface area (Å²) in [5.41, 5.74) is 1.03. The van der Waals surface area contributed by atoms with Gasteiger partial charge in [0.25, 0.3) is 0 Å². The Labute approximate surface area is 110 Å². The van der Waals surface area contributed by atoms with Crippen LogP contribution in [0.5, 0.6) is 0 Å². The molecule has 4 unspecified atom stereocenters. The molecule has 0 radical (unpaired) electrons. The molecule has 18 heavy (non-hydrogen) atoms.